The zero-order valence-corrected chi connectivity index (χ0v) is 16.6. The monoisotopic (exact) mass is 458 g/mol. The molecule has 1 fully saturated rings. The third-order valence-electron chi connectivity index (χ3n) is 5.03. The van der Waals surface area contributed by atoms with Crippen LogP contribution in [0.5, 0.6) is 0 Å². The third-order valence-corrected chi connectivity index (χ3v) is 5.49. The number of halogens is 5. The van der Waals surface area contributed by atoms with E-state index in [1.54, 1.807) is 19.2 Å². The van der Waals surface area contributed by atoms with E-state index in [9.17, 15) is 22.4 Å². The summed E-state index contributed by atoms with van der Waals surface area (Å²) in [5, 5.41) is 3.26. The van der Waals surface area contributed by atoms with Crippen molar-refractivity contribution in [2.45, 2.75) is 24.6 Å². The summed E-state index contributed by atoms with van der Waals surface area (Å²) in [6, 6.07) is 9.09. The van der Waals surface area contributed by atoms with Gasteiger partial charge in [0.05, 0.1) is 5.56 Å². The van der Waals surface area contributed by atoms with Crippen LogP contribution >= 0.6 is 15.9 Å². The van der Waals surface area contributed by atoms with E-state index in [1.807, 2.05) is 0 Å². The fraction of sp³-hybridized carbons (Fsp3) is 0.350. The maximum absolute atomic E-state index is 13.3. The molecule has 0 unspecified atom stereocenters. The number of nitrogens with one attached hydrogen (secondary N) is 1. The molecule has 0 spiro atoms. The normalized spacial score (nSPS) is 20.1. The predicted octanol–water partition coefficient (Wildman–Crippen LogP) is 4.82. The second-order valence-electron chi connectivity index (χ2n) is 6.86. The topological polar surface area (TPSA) is 32.3 Å². The fourth-order valence-corrected chi connectivity index (χ4v) is 4.08. The Kier molecular flexibility index (Phi) is 6.09. The van der Waals surface area contributed by atoms with E-state index >= 15 is 0 Å². The quantitative estimate of drug-likeness (QED) is 0.668. The first-order valence-electron chi connectivity index (χ1n) is 8.78. The number of benzene rings is 2. The maximum Gasteiger partial charge on any atom is 0.416 e. The number of alkyl halides is 3. The summed E-state index contributed by atoms with van der Waals surface area (Å²) in [6.07, 6.45) is -3.90. The van der Waals surface area contributed by atoms with Gasteiger partial charge in [0.25, 0.3) is 5.91 Å². The van der Waals surface area contributed by atoms with Crippen LogP contribution in [0.2, 0.25) is 0 Å². The molecule has 1 aliphatic rings. The van der Waals surface area contributed by atoms with Crippen LogP contribution in [-0.4, -0.2) is 37.0 Å². The molecule has 0 bridgehead atoms. The van der Waals surface area contributed by atoms with Gasteiger partial charge in [0, 0.05) is 35.6 Å². The summed E-state index contributed by atoms with van der Waals surface area (Å²) in [5.41, 5.74) is -0.0249. The van der Waals surface area contributed by atoms with Gasteiger partial charge in [0.2, 0.25) is 0 Å². The number of nitrogens with zero attached hydrogens (tertiary/aromatic N) is 1. The molecule has 0 aliphatic carbocycles. The average Bonchev–Trinajstić information content (AvgIpc) is 2.66. The van der Waals surface area contributed by atoms with Crippen LogP contribution in [0.15, 0.2) is 46.9 Å². The number of carbonyl (C=O) groups excluding carboxylic acids is 1. The van der Waals surface area contributed by atoms with Crippen LogP contribution in [0.1, 0.15) is 33.8 Å². The van der Waals surface area contributed by atoms with Crippen molar-refractivity contribution in [3.63, 3.8) is 0 Å². The number of piperidine rings is 1. The number of rotatable bonds is 3. The zero-order valence-electron chi connectivity index (χ0n) is 15.1. The van der Waals surface area contributed by atoms with E-state index in [4.69, 9.17) is 0 Å². The van der Waals surface area contributed by atoms with Crippen molar-refractivity contribution in [1.82, 2.24) is 10.2 Å². The second-order valence-corrected chi connectivity index (χ2v) is 7.78. The lowest BCUT2D eigenvalue weighted by atomic mass is 9.85. The van der Waals surface area contributed by atoms with Crippen molar-refractivity contribution < 1.29 is 22.4 Å². The minimum Gasteiger partial charge on any atom is -0.338 e. The minimum atomic E-state index is -4.54. The van der Waals surface area contributed by atoms with Crippen LogP contribution in [-0.2, 0) is 6.18 Å². The lowest BCUT2D eigenvalue weighted by molar-refractivity contribution is -0.137. The van der Waals surface area contributed by atoms with E-state index in [2.05, 4.69) is 21.2 Å². The first-order chi connectivity index (χ1) is 13.2. The average molecular weight is 459 g/mol. The highest BCUT2D eigenvalue weighted by atomic mass is 79.9. The van der Waals surface area contributed by atoms with Crippen molar-refractivity contribution >= 4 is 21.8 Å². The summed E-state index contributed by atoms with van der Waals surface area (Å²) >= 11 is 3.06. The van der Waals surface area contributed by atoms with E-state index < -0.39 is 17.6 Å². The van der Waals surface area contributed by atoms with Crippen molar-refractivity contribution in [3.8, 4) is 0 Å². The van der Waals surface area contributed by atoms with E-state index in [0.29, 0.717) is 19.5 Å². The highest BCUT2D eigenvalue weighted by Crippen LogP contribution is 2.33. The lowest BCUT2D eigenvalue weighted by Crippen LogP contribution is -2.49. The molecule has 1 heterocycles. The van der Waals surface area contributed by atoms with Gasteiger partial charge in [-0.25, -0.2) is 4.39 Å². The van der Waals surface area contributed by atoms with Crippen LogP contribution in [0.3, 0.4) is 0 Å². The summed E-state index contributed by atoms with van der Waals surface area (Å²) in [6.45, 7) is 1.28. The van der Waals surface area contributed by atoms with Crippen LogP contribution in [0.4, 0.5) is 17.6 Å². The molecule has 1 N–H and O–H groups in total. The standard InChI is InChI=1S/C20H19BrF4N2O/c1-27(19(28)13-8-14(20(23,24)25)10-15(21)9-13)18-6-7-26-11-17(18)12-2-4-16(22)5-3-12/h2-5,8-10,17-18,26H,6-7,11H2,1H3/t17-,18+/m0/s1. The van der Waals surface area contributed by atoms with Crippen molar-refractivity contribution in [3.05, 3.63) is 69.4 Å². The molecule has 150 valence electrons. The van der Waals surface area contributed by atoms with Gasteiger partial charge in [-0.1, -0.05) is 28.1 Å². The molecule has 2 aromatic rings. The summed E-state index contributed by atoms with van der Waals surface area (Å²) < 4.78 is 52.7. The number of hydrogen-bond donors (Lipinski definition) is 1. The van der Waals surface area contributed by atoms with Crippen LogP contribution < -0.4 is 5.32 Å². The molecular formula is C20H19BrF4N2O. The third kappa shape index (κ3) is 4.55. The number of carbonyl (C=O) groups is 1. The molecule has 2 atom stereocenters. The van der Waals surface area contributed by atoms with Gasteiger partial charge in [-0.3, -0.25) is 4.79 Å². The van der Waals surface area contributed by atoms with Gasteiger partial charge in [0.1, 0.15) is 5.82 Å². The summed E-state index contributed by atoms with van der Waals surface area (Å²) in [4.78, 5) is 14.5. The Morgan fingerprint density at radius 1 is 1.18 bits per heavy atom. The van der Waals surface area contributed by atoms with E-state index in [1.165, 1.54) is 23.1 Å². The summed E-state index contributed by atoms with van der Waals surface area (Å²) in [7, 11) is 1.60. The van der Waals surface area contributed by atoms with E-state index in [0.717, 1.165) is 17.7 Å². The number of amides is 1. The zero-order chi connectivity index (χ0) is 20.5. The van der Waals surface area contributed by atoms with Crippen molar-refractivity contribution in [2.24, 2.45) is 0 Å². The fourth-order valence-electron chi connectivity index (χ4n) is 3.59. The van der Waals surface area contributed by atoms with Crippen LogP contribution in [0.25, 0.3) is 0 Å². The molecule has 0 aromatic heterocycles. The lowest BCUT2D eigenvalue weighted by Gasteiger charge is -2.39. The second kappa shape index (κ2) is 8.21. The molecule has 2 aromatic carbocycles. The molecule has 1 saturated heterocycles. The van der Waals surface area contributed by atoms with Gasteiger partial charge in [0.15, 0.2) is 0 Å². The Bertz CT molecular complexity index is 854. The molecule has 3 rings (SSSR count). The number of likely N-dealkylation sites (N-methyl/N-ethyl adjacent to an activating group) is 1. The van der Waals surface area contributed by atoms with Gasteiger partial charge >= 0.3 is 6.18 Å². The largest absolute Gasteiger partial charge is 0.416 e. The van der Waals surface area contributed by atoms with Crippen molar-refractivity contribution in [1.29, 1.82) is 0 Å². The van der Waals surface area contributed by atoms with Crippen molar-refractivity contribution in [2.75, 3.05) is 20.1 Å². The maximum atomic E-state index is 13.3. The smallest absolute Gasteiger partial charge is 0.338 e. The molecule has 0 saturated carbocycles. The Morgan fingerprint density at radius 2 is 1.86 bits per heavy atom. The Balaban J connectivity index is 1.89. The highest BCUT2D eigenvalue weighted by Gasteiger charge is 2.35. The van der Waals surface area contributed by atoms with Gasteiger partial charge in [-0.15, -0.1) is 0 Å². The van der Waals surface area contributed by atoms with Gasteiger partial charge in [-0.05, 0) is 48.9 Å². The van der Waals surface area contributed by atoms with Crippen LogP contribution in [0, 0.1) is 5.82 Å². The molecule has 3 nitrogen and oxygen atoms in total. The molecule has 0 radical (unpaired) electrons. The highest BCUT2D eigenvalue weighted by molar-refractivity contribution is 9.10. The first kappa shape index (κ1) is 20.8. The first-order valence-corrected chi connectivity index (χ1v) is 9.57. The minimum absolute atomic E-state index is 0.0272. The molecule has 8 heteroatoms. The van der Waals surface area contributed by atoms with Gasteiger partial charge in [-0.2, -0.15) is 13.2 Å². The molecular weight excluding hydrogens is 440 g/mol. The molecule has 28 heavy (non-hydrogen) atoms. The Hall–Kier alpha value is -1.93. The Morgan fingerprint density at radius 3 is 2.50 bits per heavy atom. The molecule has 1 aliphatic heterocycles. The SMILES string of the molecule is CN(C(=O)c1cc(Br)cc(C(F)(F)F)c1)[C@@H]1CCNC[C@H]1c1ccc(F)cc1. The summed E-state index contributed by atoms with van der Waals surface area (Å²) in [5.74, 6) is -0.911. The van der Waals surface area contributed by atoms with E-state index in [-0.39, 0.29) is 27.8 Å². The Labute approximate surface area is 168 Å². The number of hydrogen-bond acceptors (Lipinski definition) is 2. The molecule has 1 amide bonds. The predicted molar refractivity (Wildman–Crippen MR) is 102 cm³/mol. The van der Waals surface area contributed by atoms with Gasteiger partial charge < -0.3 is 10.2 Å².